The molecule has 0 fully saturated rings. The van der Waals surface area contributed by atoms with E-state index in [0.717, 1.165) is 11.8 Å². The number of sulfonamides is 1. The van der Waals surface area contributed by atoms with Gasteiger partial charge in [-0.15, -0.1) is 0 Å². The summed E-state index contributed by atoms with van der Waals surface area (Å²) in [5.74, 6) is -3.75. The van der Waals surface area contributed by atoms with Gasteiger partial charge in [0.25, 0.3) is 10.0 Å². The van der Waals surface area contributed by atoms with Gasteiger partial charge < -0.3 is 9.47 Å². The molecule has 28 heavy (non-hydrogen) atoms. The van der Waals surface area contributed by atoms with Crippen LogP contribution < -0.4 is 9.47 Å². The van der Waals surface area contributed by atoms with Crippen molar-refractivity contribution >= 4 is 27.0 Å². The van der Waals surface area contributed by atoms with Crippen molar-refractivity contribution in [2.24, 2.45) is 0 Å². The average molecular weight is 434 g/mol. The third kappa shape index (κ3) is 4.36. The number of nitrogens with one attached hydrogen (secondary N) is 1. The molecule has 0 bridgehead atoms. The van der Waals surface area contributed by atoms with Crippen molar-refractivity contribution in [2.75, 3.05) is 20.5 Å². The molecule has 2 rings (SSSR count). The fourth-order valence-electron chi connectivity index (χ4n) is 2.33. The van der Waals surface area contributed by atoms with Gasteiger partial charge in [-0.1, -0.05) is 11.8 Å². The van der Waals surface area contributed by atoms with Gasteiger partial charge in [-0.3, -0.25) is 5.41 Å². The Morgan fingerprint density at radius 1 is 1.07 bits per heavy atom. The highest BCUT2D eigenvalue weighted by molar-refractivity contribution is 8.14. The van der Waals surface area contributed by atoms with Gasteiger partial charge in [0.1, 0.15) is 22.2 Å². The minimum atomic E-state index is -4.70. The number of rotatable bonds is 6. The standard InChI is InChI=1S/C17H17F3N2O4S2/c1-25-11-5-4-10(15(6-11)26-2)9-22(17(21)27-3)28(23,24)16-8-13(19)12(18)7-14(16)20/h4-8,21H,9H2,1-3H3. The van der Waals surface area contributed by atoms with E-state index in [1.807, 2.05) is 0 Å². The molecule has 0 heterocycles. The number of thioether (sulfide) groups is 1. The predicted molar refractivity (Wildman–Crippen MR) is 99.8 cm³/mol. The first-order valence-corrected chi connectivity index (χ1v) is 10.3. The second-order valence-corrected chi connectivity index (χ2v) is 8.02. The monoisotopic (exact) mass is 434 g/mol. The van der Waals surface area contributed by atoms with E-state index in [1.54, 1.807) is 6.07 Å². The van der Waals surface area contributed by atoms with E-state index in [0.29, 0.717) is 15.6 Å². The molecule has 6 nitrogen and oxygen atoms in total. The Hall–Kier alpha value is -2.40. The number of hydrogen-bond acceptors (Lipinski definition) is 6. The quantitative estimate of drug-likeness (QED) is 0.427. The summed E-state index contributed by atoms with van der Waals surface area (Å²) in [7, 11) is -1.89. The zero-order valence-electron chi connectivity index (χ0n) is 15.1. The minimum Gasteiger partial charge on any atom is -0.497 e. The Labute approximate surface area is 164 Å². The lowest BCUT2D eigenvalue weighted by Gasteiger charge is -2.25. The predicted octanol–water partition coefficient (Wildman–Crippen LogP) is 3.61. The smallest absolute Gasteiger partial charge is 0.269 e. The molecule has 0 saturated carbocycles. The van der Waals surface area contributed by atoms with Gasteiger partial charge >= 0.3 is 0 Å². The van der Waals surface area contributed by atoms with Crippen LogP contribution in [0.4, 0.5) is 13.2 Å². The summed E-state index contributed by atoms with van der Waals surface area (Å²) in [6.07, 6.45) is 1.46. The molecule has 0 aliphatic rings. The summed E-state index contributed by atoms with van der Waals surface area (Å²) in [5.41, 5.74) is 0.355. The zero-order chi connectivity index (χ0) is 21.1. The number of benzene rings is 2. The summed E-state index contributed by atoms with van der Waals surface area (Å²) >= 11 is 0.782. The maximum atomic E-state index is 14.1. The van der Waals surface area contributed by atoms with Gasteiger partial charge in [-0.05, 0) is 18.4 Å². The summed E-state index contributed by atoms with van der Waals surface area (Å²) in [5, 5.41) is 7.53. The highest BCUT2D eigenvalue weighted by atomic mass is 32.2. The third-order valence-electron chi connectivity index (χ3n) is 3.77. The largest absolute Gasteiger partial charge is 0.497 e. The third-order valence-corrected chi connectivity index (χ3v) is 6.25. The van der Waals surface area contributed by atoms with Crippen molar-refractivity contribution in [1.82, 2.24) is 4.31 Å². The van der Waals surface area contributed by atoms with Gasteiger partial charge in [-0.2, -0.15) is 0 Å². The topological polar surface area (TPSA) is 79.7 Å². The Kier molecular flexibility index (Phi) is 6.83. The lowest BCUT2D eigenvalue weighted by Crippen LogP contribution is -2.35. The van der Waals surface area contributed by atoms with Gasteiger partial charge in [0.05, 0.1) is 20.8 Å². The van der Waals surface area contributed by atoms with Crippen LogP contribution >= 0.6 is 11.8 Å². The van der Waals surface area contributed by atoms with Gasteiger partial charge in [0.15, 0.2) is 16.8 Å². The molecule has 0 atom stereocenters. The van der Waals surface area contributed by atoms with E-state index >= 15 is 0 Å². The maximum absolute atomic E-state index is 14.1. The molecule has 11 heteroatoms. The second kappa shape index (κ2) is 8.74. The molecule has 0 aromatic heterocycles. The van der Waals surface area contributed by atoms with Gasteiger partial charge in [-0.25, -0.2) is 25.9 Å². The van der Waals surface area contributed by atoms with Crippen molar-refractivity contribution in [1.29, 1.82) is 5.41 Å². The van der Waals surface area contributed by atoms with E-state index in [2.05, 4.69) is 0 Å². The number of halogens is 3. The SMILES string of the molecule is COc1ccc(CN(C(=N)SC)S(=O)(=O)c2cc(F)c(F)cc2F)c(OC)c1. The molecule has 0 radical (unpaired) electrons. The molecule has 0 unspecified atom stereocenters. The molecule has 1 N–H and O–H groups in total. The fourth-order valence-corrected chi connectivity index (χ4v) is 4.43. The molecule has 0 spiro atoms. The number of nitrogens with zero attached hydrogens (tertiary/aromatic N) is 1. The molecular weight excluding hydrogens is 417 g/mol. The first-order chi connectivity index (χ1) is 13.1. The van der Waals surface area contributed by atoms with Crippen molar-refractivity contribution in [3.05, 3.63) is 53.3 Å². The molecule has 2 aromatic carbocycles. The molecule has 2 aromatic rings. The fraction of sp³-hybridized carbons (Fsp3) is 0.235. The highest BCUT2D eigenvalue weighted by Gasteiger charge is 2.32. The van der Waals surface area contributed by atoms with Crippen molar-refractivity contribution in [3.63, 3.8) is 0 Å². The van der Waals surface area contributed by atoms with Crippen molar-refractivity contribution < 1.29 is 31.1 Å². The summed E-state index contributed by atoms with van der Waals surface area (Å²) < 4.78 is 77.6. The maximum Gasteiger partial charge on any atom is 0.269 e. The van der Waals surface area contributed by atoms with Crippen LogP contribution in [0.2, 0.25) is 0 Å². The van der Waals surface area contributed by atoms with Crippen LogP contribution in [0, 0.1) is 22.9 Å². The summed E-state index contributed by atoms with van der Waals surface area (Å²) in [6, 6.07) is 5.00. The number of hydrogen-bond donors (Lipinski definition) is 1. The Balaban J connectivity index is 2.56. The first kappa shape index (κ1) is 21.9. The Morgan fingerprint density at radius 3 is 2.29 bits per heavy atom. The normalized spacial score (nSPS) is 11.2. The molecule has 0 aliphatic heterocycles. The Morgan fingerprint density at radius 2 is 1.71 bits per heavy atom. The number of amidine groups is 1. The van der Waals surface area contributed by atoms with Crippen LogP contribution in [0.25, 0.3) is 0 Å². The lowest BCUT2D eigenvalue weighted by molar-refractivity contribution is 0.388. The number of methoxy groups -OCH3 is 2. The Bertz CT molecular complexity index is 1000. The highest BCUT2D eigenvalue weighted by Crippen LogP contribution is 2.30. The summed E-state index contributed by atoms with van der Waals surface area (Å²) in [6.45, 7) is -0.395. The summed E-state index contributed by atoms with van der Waals surface area (Å²) in [4.78, 5) is -1.07. The zero-order valence-corrected chi connectivity index (χ0v) is 16.8. The average Bonchev–Trinajstić information content (AvgIpc) is 2.67. The molecule has 0 aliphatic carbocycles. The molecule has 152 valence electrons. The van der Waals surface area contributed by atoms with E-state index in [9.17, 15) is 21.6 Å². The van der Waals surface area contributed by atoms with E-state index < -0.39 is 44.1 Å². The van der Waals surface area contributed by atoms with Gasteiger partial charge in [0, 0.05) is 23.8 Å². The van der Waals surface area contributed by atoms with Crippen molar-refractivity contribution in [3.8, 4) is 11.5 Å². The molecule has 0 saturated heterocycles. The first-order valence-electron chi connectivity index (χ1n) is 7.66. The molecule has 0 amide bonds. The van der Waals surface area contributed by atoms with E-state index in [4.69, 9.17) is 14.9 Å². The van der Waals surface area contributed by atoms with Crippen LogP contribution in [0.1, 0.15) is 5.56 Å². The van der Waals surface area contributed by atoms with E-state index in [-0.39, 0.29) is 17.9 Å². The van der Waals surface area contributed by atoms with Crippen LogP contribution in [0.3, 0.4) is 0 Å². The van der Waals surface area contributed by atoms with Crippen LogP contribution in [0.5, 0.6) is 11.5 Å². The van der Waals surface area contributed by atoms with E-state index in [1.165, 1.54) is 32.6 Å². The van der Waals surface area contributed by atoms with Crippen LogP contribution in [-0.2, 0) is 16.6 Å². The minimum absolute atomic E-state index is 0.150. The van der Waals surface area contributed by atoms with Crippen molar-refractivity contribution in [2.45, 2.75) is 11.4 Å². The lowest BCUT2D eigenvalue weighted by atomic mass is 10.2. The van der Waals surface area contributed by atoms with Crippen LogP contribution in [-0.4, -0.2) is 38.4 Å². The number of ether oxygens (including phenoxy) is 2. The van der Waals surface area contributed by atoms with Gasteiger partial charge in [0.2, 0.25) is 0 Å². The molecular formula is C17H17F3N2O4S2. The second-order valence-electron chi connectivity index (χ2n) is 5.40. The van der Waals surface area contributed by atoms with Crippen LogP contribution in [0.15, 0.2) is 35.2 Å².